The quantitative estimate of drug-likeness (QED) is 0.464. The van der Waals surface area contributed by atoms with Crippen LogP contribution < -0.4 is 0 Å². The first-order chi connectivity index (χ1) is 3.89. The average Bonchev–Trinajstić information content (AvgIpc) is 2.24. The van der Waals surface area contributed by atoms with Crippen LogP contribution in [0.1, 0.15) is 26.7 Å². The van der Waals surface area contributed by atoms with Crippen LogP contribution in [0.3, 0.4) is 0 Å². The Hall–Kier alpha value is 0.100. The Labute approximate surface area is 52.3 Å². The third-order valence-electron chi connectivity index (χ3n) is 1.07. The summed E-state index contributed by atoms with van der Waals surface area (Å²) in [6, 6.07) is 0. The van der Waals surface area contributed by atoms with Gasteiger partial charge in [-0.1, -0.05) is 18.4 Å². The Morgan fingerprint density at radius 3 is 1.62 bits per heavy atom. The third kappa shape index (κ3) is 3.15. The molecule has 0 spiro atoms. The molecular formula is C6H14OP+. The summed E-state index contributed by atoms with van der Waals surface area (Å²) in [5, 5.41) is 0. The van der Waals surface area contributed by atoms with Crippen LogP contribution in [-0.2, 0) is 4.57 Å². The van der Waals surface area contributed by atoms with Crippen molar-refractivity contribution >= 4 is 7.80 Å². The Bertz CT molecular complexity index is 62.9. The van der Waals surface area contributed by atoms with Gasteiger partial charge in [0.2, 0.25) is 0 Å². The molecule has 0 aromatic heterocycles. The molecule has 0 atom stereocenters. The molecule has 0 aromatic carbocycles. The fraction of sp³-hybridized carbons (Fsp3) is 1.00. The molecule has 0 radical (unpaired) electrons. The van der Waals surface area contributed by atoms with Crippen molar-refractivity contribution in [3.05, 3.63) is 0 Å². The minimum atomic E-state index is -0.715. The molecular weight excluding hydrogens is 119 g/mol. The lowest BCUT2D eigenvalue weighted by Gasteiger charge is -1.58. The Balaban J connectivity index is 0.000000222. The first kappa shape index (κ1) is 8.10. The second kappa shape index (κ2) is 5.24. The van der Waals surface area contributed by atoms with E-state index in [0.717, 1.165) is 12.3 Å². The maximum Gasteiger partial charge on any atom is 0.338 e. The summed E-state index contributed by atoms with van der Waals surface area (Å²) in [5.74, 6) is 0. The van der Waals surface area contributed by atoms with Gasteiger partial charge < -0.3 is 0 Å². The van der Waals surface area contributed by atoms with Crippen molar-refractivity contribution in [3.8, 4) is 0 Å². The second-order valence-electron chi connectivity index (χ2n) is 1.64. The van der Waals surface area contributed by atoms with E-state index in [0.29, 0.717) is 0 Å². The first-order valence-corrected chi connectivity index (χ1v) is 4.95. The van der Waals surface area contributed by atoms with Gasteiger partial charge in [-0.15, -0.1) is 0 Å². The van der Waals surface area contributed by atoms with E-state index in [1.807, 2.05) is 13.8 Å². The van der Waals surface area contributed by atoms with Crippen LogP contribution in [0.25, 0.3) is 0 Å². The molecule has 1 heterocycles. The van der Waals surface area contributed by atoms with E-state index in [4.69, 9.17) is 0 Å². The van der Waals surface area contributed by atoms with Crippen LogP contribution in [0, 0.1) is 0 Å². The van der Waals surface area contributed by atoms with Gasteiger partial charge in [0.05, 0.1) is 0 Å². The number of hydrogen-bond acceptors (Lipinski definition) is 1. The minimum Gasteiger partial charge on any atom is -0.0748 e. The minimum absolute atomic E-state index is 0.715. The highest BCUT2D eigenvalue weighted by Gasteiger charge is 2.20. The molecule has 1 saturated heterocycles. The highest BCUT2D eigenvalue weighted by Crippen LogP contribution is 2.30. The van der Waals surface area contributed by atoms with Crippen LogP contribution in [0.5, 0.6) is 0 Å². The molecule has 0 bridgehead atoms. The molecule has 0 aliphatic carbocycles. The molecule has 1 rings (SSSR count). The zero-order valence-electron chi connectivity index (χ0n) is 5.68. The van der Waals surface area contributed by atoms with E-state index >= 15 is 0 Å². The molecule has 1 nitrogen and oxygen atoms in total. The summed E-state index contributed by atoms with van der Waals surface area (Å²) in [6.45, 7) is 4.00. The number of hydrogen-bond donors (Lipinski definition) is 0. The molecule has 8 heavy (non-hydrogen) atoms. The molecule has 0 aromatic rings. The van der Waals surface area contributed by atoms with E-state index in [1.54, 1.807) is 0 Å². The molecule has 1 aliphatic rings. The third-order valence-corrected chi connectivity index (χ3v) is 2.70. The molecule has 48 valence electrons. The Morgan fingerprint density at radius 1 is 1.12 bits per heavy atom. The standard InChI is InChI=1S/C4H8OP.C2H6/c5-6-3-1-2-4-6;1-2/h1-4H2;1-2H3/q+1;. The fourth-order valence-electron chi connectivity index (χ4n) is 0.688. The van der Waals surface area contributed by atoms with Crippen LogP contribution in [-0.4, -0.2) is 12.3 Å². The zero-order chi connectivity index (χ0) is 6.41. The predicted octanol–water partition coefficient (Wildman–Crippen LogP) is 2.63. The Morgan fingerprint density at radius 2 is 1.50 bits per heavy atom. The van der Waals surface area contributed by atoms with Crippen LogP contribution in [0.15, 0.2) is 0 Å². The summed E-state index contributed by atoms with van der Waals surface area (Å²) in [6.07, 6.45) is 4.40. The van der Waals surface area contributed by atoms with Gasteiger partial charge in [-0.25, -0.2) is 0 Å². The van der Waals surface area contributed by atoms with Crippen molar-refractivity contribution < 1.29 is 4.57 Å². The molecule has 1 aliphatic heterocycles. The summed E-state index contributed by atoms with van der Waals surface area (Å²) in [7, 11) is -0.715. The van der Waals surface area contributed by atoms with Crippen LogP contribution >= 0.6 is 7.80 Å². The summed E-state index contributed by atoms with van der Waals surface area (Å²) < 4.78 is 10.4. The van der Waals surface area contributed by atoms with Gasteiger partial charge in [-0.3, -0.25) is 0 Å². The predicted molar refractivity (Wildman–Crippen MR) is 37.9 cm³/mol. The fourth-order valence-corrected chi connectivity index (χ4v) is 2.06. The van der Waals surface area contributed by atoms with Crippen molar-refractivity contribution in [2.24, 2.45) is 0 Å². The first-order valence-electron chi connectivity index (χ1n) is 3.32. The van der Waals surface area contributed by atoms with E-state index in [1.165, 1.54) is 12.8 Å². The van der Waals surface area contributed by atoms with Gasteiger partial charge in [-0.2, -0.15) is 0 Å². The molecule has 0 saturated carbocycles. The van der Waals surface area contributed by atoms with Gasteiger partial charge in [0.25, 0.3) is 0 Å². The van der Waals surface area contributed by atoms with Gasteiger partial charge in [0, 0.05) is 0 Å². The summed E-state index contributed by atoms with van der Waals surface area (Å²) in [4.78, 5) is 0. The summed E-state index contributed by atoms with van der Waals surface area (Å²) >= 11 is 0. The van der Waals surface area contributed by atoms with Crippen molar-refractivity contribution in [3.63, 3.8) is 0 Å². The molecule has 1 fully saturated rings. The maximum absolute atomic E-state index is 10.4. The van der Waals surface area contributed by atoms with Gasteiger partial charge in [-0.05, 0) is 12.8 Å². The highest BCUT2D eigenvalue weighted by atomic mass is 31.1. The van der Waals surface area contributed by atoms with E-state index in [9.17, 15) is 4.57 Å². The van der Waals surface area contributed by atoms with Gasteiger partial charge in [0.1, 0.15) is 12.3 Å². The SMILES string of the molecule is CC.O=[P+]1CCCC1. The number of rotatable bonds is 0. The molecule has 0 amide bonds. The maximum atomic E-state index is 10.4. The van der Waals surface area contributed by atoms with Gasteiger partial charge in [0.15, 0.2) is 0 Å². The van der Waals surface area contributed by atoms with E-state index < -0.39 is 7.80 Å². The lowest BCUT2D eigenvalue weighted by atomic mass is 10.4. The normalized spacial score (nSPS) is 17.5. The van der Waals surface area contributed by atoms with Crippen LogP contribution in [0.2, 0.25) is 0 Å². The van der Waals surface area contributed by atoms with Gasteiger partial charge >= 0.3 is 7.80 Å². The van der Waals surface area contributed by atoms with Crippen LogP contribution in [0.4, 0.5) is 0 Å². The average molecular weight is 133 g/mol. The Kier molecular flexibility index (Phi) is 5.31. The molecule has 0 unspecified atom stereocenters. The summed E-state index contributed by atoms with van der Waals surface area (Å²) in [5.41, 5.74) is 0. The lowest BCUT2D eigenvalue weighted by Crippen LogP contribution is -1.58. The monoisotopic (exact) mass is 133 g/mol. The van der Waals surface area contributed by atoms with Crippen molar-refractivity contribution in [2.45, 2.75) is 26.7 Å². The molecule has 0 N–H and O–H groups in total. The topological polar surface area (TPSA) is 17.1 Å². The lowest BCUT2D eigenvalue weighted by molar-refractivity contribution is 0.591. The van der Waals surface area contributed by atoms with E-state index in [-0.39, 0.29) is 0 Å². The van der Waals surface area contributed by atoms with E-state index in [2.05, 4.69) is 0 Å². The van der Waals surface area contributed by atoms with Crippen molar-refractivity contribution in [1.82, 2.24) is 0 Å². The van der Waals surface area contributed by atoms with Crippen molar-refractivity contribution in [2.75, 3.05) is 12.3 Å². The zero-order valence-corrected chi connectivity index (χ0v) is 6.58. The smallest absolute Gasteiger partial charge is 0.0748 e. The second-order valence-corrected chi connectivity index (χ2v) is 3.49. The molecule has 2 heteroatoms. The largest absolute Gasteiger partial charge is 0.338 e. The van der Waals surface area contributed by atoms with Crippen molar-refractivity contribution in [1.29, 1.82) is 0 Å². The highest BCUT2D eigenvalue weighted by molar-refractivity contribution is 7.45.